The fraction of sp³-hybridized carbons (Fsp3) is 0.444. The summed E-state index contributed by atoms with van der Waals surface area (Å²) < 4.78 is 0. The topological polar surface area (TPSA) is 15.3 Å². The van der Waals surface area contributed by atoms with Crippen molar-refractivity contribution in [1.29, 1.82) is 0 Å². The molecule has 1 N–H and O–H groups in total. The maximum Gasteiger partial charge on any atom is 0.0328 e. The summed E-state index contributed by atoms with van der Waals surface area (Å²) in [6, 6.07) is 15.1. The highest BCUT2D eigenvalue weighted by Crippen LogP contribution is 2.20. The van der Waals surface area contributed by atoms with E-state index in [-0.39, 0.29) is 0 Å². The van der Waals surface area contributed by atoms with E-state index in [0.717, 1.165) is 25.6 Å². The molecule has 1 aliphatic heterocycles. The number of benzene rings is 1. The van der Waals surface area contributed by atoms with Crippen LogP contribution in [0.4, 0.5) is 0 Å². The van der Waals surface area contributed by atoms with Crippen molar-refractivity contribution < 1.29 is 0 Å². The van der Waals surface area contributed by atoms with Gasteiger partial charge < -0.3 is 5.32 Å². The van der Waals surface area contributed by atoms with Gasteiger partial charge in [0.25, 0.3) is 0 Å². The van der Waals surface area contributed by atoms with Gasteiger partial charge >= 0.3 is 0 Å². The fourth-order valence-electron chi connectivity index (χ4n) is 3.10. The highest BCUT2D eigenvalue weighted by atomic mass is 32.1. The summed E-state index contributed by atoms with van der Waals surface area (Å²) in [5, 5.41) is 5.81. The minimum atomic E-state index is 0.794. The molecule has 0 unspecified atom stereocenters. The molecule has 0 bridgehead atoms. The molecule has 0 spiro atoms. The van der Waals surface area contributed by atoms with Crippen molar-refractivity contribution in [2.75, 3.05) is 19.6 Å². The number of hydrogen-bond donors (Lipinski definition) is 1. The van der Waals surface area contributed by atoms with E-state index in [2.05, 4.69) is 58.1 Å². The monoisotopic (exact) mass is 300 g/mol. The molecule has 2 nitrogen and oxygen atoms in total. The summed E-state index contributed by atoms with van der Waals surface area (Å²) >= 11 is 1.88. The largest absolute Gasteiger partial charge is 0.312 e. The molecular weight excluding hydrogens is 276 g/mol. The van der Waals surface area contributed by atoms with E-state index in [1.165, 1.54) is 36.4 Å². The van der Waals surface area contributed by atoms with Gasteiger partial charge in [-0.1, -0.05) is 36.4 Å². The van der Waals surface area contributed by atoms with Crippen LogP contribution in [0.2, 0.25) is 0 Å². The van der Waals surface area contributed by atoms with Gasteiger partial charge in [0.15, 0.2) is 0 Å². The minimum absolute atomic E-state index is 0.794. The van der Waals surface area contributed by atoms with Crippen molar-refractivity contribution >= 4 is 11.3 Å². The molecule has 1 fully saturated rings. The lowest BCUT2D eigenvalue weighted by atomic mass is 9.98. The second-order valence-electron chi connectivity index (χ2n) is 5.94. The molecule has 1 aromatic heterocycles. The SMILES string of the molecule is c1ccc(CNC[C@H]2CCCN(Cc3cccs3)C2)cc1. The molecule has 1 atom stereocenters. The van der Waals surface area contributed by atoms with Crippen molar-refractivity contribution in [3.63, 3.8) is 0 Å². The Morgan fingerprint density at radius 2 is 2.05 bits per heavy atom. The lowest BCUT2D eigenvalue weighted by Crippen LogP contribution is -2.38. The van der Waals surface area contributed by atoms with E-state index >= 15 is 0 Å². The molecule has 0 radical (unpaired) electrons. The summed E-state index contributed by atoms with van der Waals surface area (Å²) in [7, 11) is 0. The van der Waals surface area contributed by atoms with Gasteiger partial charge in [-0.3, -0.25) is 4.90 Å². The molecule has 21 heavy (non-hydrogen) atoms. The Morgan fingerprint density at radius 1 is 1.14 bits per heavy atom. The molecule has 112 valence electrons. The second-order valence-corrected chi connectivity index (χ2v) is 6.97. The number of hydrogen-bond acceptors (Lipinski definition) is 3. The van der Waals surface area contributed by atoms with Crippen LogP contribution in [0.3, 0.4) is 0 Å². The first-order valence-electron chi connectivity index (χ1n) is 7.89. The summed E-state index contributed by atoms with van der Waals surface area (Å²) in [5.74, 6) is 0.794. The van der Waals surface area contributed by atoms with Crippen molar-refractivity contribution in [3.8, 4) is 0 Å². The van der Waals surface area contributed by atoms with Gasteiger partial charge in [-0.05, 0) is 48.9 Å². The molecule has 0 aliphatic carbocycles. The molecule has 3 heteroatoms. The summed E-state index contributed by atoms with van der Waals surface area (Å²) in [4.78, 5) is 4.11. The molecule has 1 aromatic carbocycles. The number of nitrogens with zero attached hydrogens (tertiary/aromatic N) is 1. The average molecular weight is 300 g/mol. The van der Waals surface area contributed by atoms with Crippen LogP contribution < -0.4 is 5.32 Å². The van der Waals surface area contributed by atoms with Crippen LogP contribution in [0.25, 0.3) is 0 Å². The summed E-state index contributed by atoms with van der Waals surface area (Å²) in [5.41, 5.74) is 1.38. The minimum Gasteiger partial charge on any atom is -0.312 e. The van der Waals surface area contributed by atoms with Gasteiger partial charge in [0, 0.05) is 24.5 Å². The van der Waals surface area contributed by atoms with Crippen molar-refractivity contribution in [2.24, 2.45) is 5.92 Å². The third-order valence-electron chi connectivity index (χ3n) is 4.17. The summed E-state index contributed by atoms with van der Waals surface area (Å²) in [6.45, 7) is 5.75. The number of rotatable bonds is 6. The van der Waals surface area contributed by atoms with Gasteiger partial charge in [-0.25, -0.2) is 0 Å². The first kappa shape index (κ1) is 14.8. The zero-order valence-corrected chi connectivity index (χ0v) is 13.3. The third kappa shape index (κ3) is 4.67. The van der Waals surface area contributed by atoms with Gasteiger partial charge in [0.1, 0.15) is 0 Å². The Kier molecular flexibility index (Phi) is 5.44. The molecule has 1 saturated heterocycles. The Morgan fingerprint density at radius 3 is 2.86 bits per heavy atom. The number of thiophene rings is 1. The Balaban J connectivity index is 1.41. The lowest BCUT2D eigenvalue weighted by molar-refractivity contribution is 0.166. The van der Waals surface area contributed by atoms with Crippen LogP contribution >= 0.6 is 11.3 Å². The highest BCUT2D eigenvalue weighted by molar-refractivity contribution is 7.09. The van der Waals surface area contributed by atoms with Crippen molar-refractivity contribution in [2.45, 2.75) is 25.9 Å². The molecule has 0 amide bonds. The lowest BCUT2D eigenvalue weighted by Gasteiger charge is -2.32. The van der Waals surface area contributed by atoms with Gasteiger partial charge in [-0.2, -0.15) is 0 Å². The molecular formula is C18H24N2S. The Bertz CT molecular complexity index is 509. The Labute approximate surface area is 131 Å². The first-order chi connectivity index (χ1) is 10.4. The highest BCUT2D eigenvalue weighted by Gasteiger charge is 2.19. The first-order valence-corrected chi connectivity index (χ1v) is 8.77. The van der Waals surface area contributed by atoms with Crippen LogP contribution in [0.5, 0.6) is 0 Å². The van der Waals surface area contributed by atoms with E-state index in [9.17, 15) is 0 Å². The molecule has 1 aliphatic rings. The Hall–Kier alpha value is -1.16. The van der Waals surface area contributed by atoms with Crippen LogP contribution in [-0.2, 0) is 13.1 Å². The fourth-order valence-corrected chi connectivity index (χ4v) is 3.85. The smallest absolute Gasteiger partial charge is 0.0328 e. The van der Waals surface area contributed by atoms with Gasteiger partial charge in [0.2, 0.25) is 0 Å². The van der Waals surface area contributed by atoms with Crippen LogP contribution in [-0.4, -0.2) is 24.5 Å². The standard InChI is InChI=1S/C18H24N2S/c1-2-6-16(7-3-1)12-19-13-17-8-4-10-20(14-17)15-18-9-5-11-21-18/h1-3,5-7,9,11,17,19H,4,8,10,12-15H2/t17-/m1/s1. The van der Waals surface area contributed by atoms with Crippen LogP contribution in [0, 0.1) is 5.92 Å². The van der Waals surface area contributed by atoms with E-state index in [1.807, 2.05) is 11.3 Å². The van der Waals surface area contributed by atoms with Gasteiger partial charge in [-0.15, -0.1) is 11.3 Å². The van der Waals surface area contributed by atoms with Crippen molar-refractivity contribution in [3.05, 3.63) is 58.3 Å². The van der Waals surface area contributed by atoms with Gasteiger partial charge in [0.05, 0.1) is 0 Å². The predicted octanol–water partition coefficient (Wildman–Crippen LogP) is 3.75. The van der Waals surface area contributed by atoms with E-state index in [0.29, 0.717) is 0 Å². The van der Waals surface area contributed by atoms with E-state index < -0.39 is 0 Å². The number of nitrogens with one attached hydrogen (secondary N) is 1. The number of piperidine rings is 1. The van der Waals surface area contributed by atoms with E-state index in [4.69, 9.17) is 0 Å². The van der Waals surface area contributed by atoms with Crippen molar-refractivity contribution in [1.82, 2.24) is 10.2 Å². The average Bonchev–Trinajstić information content (AvgIpc) is 3.02. The normalized spacial score (nSPS) is 19.7. The maximum absolute atomic E-state index is 3.63. The van der Waals surface area contributed by atoms with Crippen LogP contribution in [0.15, 0.2) is 47.8 Å². The van der Waals surface area contributed by atoms with E-state index in [1.54, 1.807) is 0 Å². The quantitative estimate of drug-likeness (QED) is 0.874. The molecule has 3 rings (SSSR count). The predicted molar refractivity (Wildman–Crippen MR) is 90.5 cm³/mol. The maximum atomic E-state index is 3.63. The third-order valence-corrected chi connectivity index (χ3v) is 5.03. The second kappa shape index (κ2) is 7.74. The number of likely N-dealkylation sites (tertiary alicyclic amines) is 1. The molecule has 2 heterocycles. The molecule has 0 saturated carbocycles. The summed E-state index contributed by atoms with van der Waals surface area (Å²) in [6.07, 6.45) is 2.70. The zero-order chi connectivity index (χ0) is 14.3. The zero-order valence-electron chi connectivity index (χ0n) is 12.5. The van der Waals surface area contributed by atoms with Crippen LogP contribution in [0.1, 0.15) is 23.3 Å². The molecule has 2 aromatic rings.